The first-order chi connectivity index (χ1) is 17.3. The zero-order chi connectivity index (χ0) is 25.5. The molecule has 1 aromatic heterocycles. The highest BCUT2D eigenvalue weighted by Gasteiger charge is 2.15. The van der Waals surface area contributed by atoms with Crippen LogP contribution in [0.3, 0.4) is 0 Å². The molecule has 36 heavy (non-hydrogen) atoms. The second kappa shape index (κ2) is 11.4. The number of rotatable bonds is 11. The normalized spacial score (nSPS) is 11.4. The van der Waals surface area contributed by atoms with Crippen molar-refractivity contribution < 1.29 is 27.8 Å². The predicted octanol–water partition coefficient (Wildman–Crippen LogP) is 4.45. The number of nitrogens with zero attached hydrogens (tertiary/aromatic N) is 1. The van der Waals surface area contributed by atoms with Crippen LogP contribution < -0.4 is 14.2 Å². The van der Waals surface area contributed by atoms with Gasteiger partial charge in [0.15, 0.2) is 6.61 Å². The molecule has 4 rings (SSSR count). The number of carboxylic acid groups (broad SMARTS) is 1. The van der Waals surface area contributed by atoms with Gasteiger partial charge in [0, 0.05) is 23.0 Å². The number of hydrogen-bond donors (Lipinski definition) is 2. The monoisotopic (exact) mass is 526 g/mol. The molecule has 0 aliphatic heterocycles. The minimum atomic E-state index is -3.71. The van der Waals surface area contributed by atoms with E-state index in [4.69, 9.17) is 26.2 Å². The van der Waals surface area contributed by atoms with Gasteiger partial charge in [0.2, 0.25) is 10.0 Å². The Kier molecular flexibility index (Phi) is 8.04. The van der Waals surface area contributed by atoms with E-state index < -0.39 is 22.6 Å². The van der Waals surface area contributed by atoms with Crippen LogP contribution in [0.5, 0.6) is 11.5 Å². The van der Waals surface area contributed by atoms with Crippen molar-refractivity contribution in [3.63, 3.8) is 0 Å². The zero-order valence-corrected chi connectivity index (χ0v) is 20.6. The van der Waals surface area contributed by atoms with E-state index in [-0.39, 0.29) is 18.0 Å². The Labute approximate surface area is 213 Å². The summed E-state index contributed by atoms with van der Waals surface area (Å²) in [6.45, 7) is -0.215. The molecule has 0 radical (unpaired) electrons. The van der Waals surface area contributed by atoms with Crippen LogP contribution in [-0.2, 0) is 27.8 Å². The second-order valence-corrected chi connectivity index (χ2v) is 10.0. The summed E-state index contributed by atoms with van der Waals surface area (Å²) in [6.07, 6.45) is 0.326. The third-order valence-electron chi connectivity index (χ3n) is 5.24. The molecule has 4 aromatic rings. The number of para-hydroxylation sites is 1. The summed E-state index contributed by atoms with van der Waals surface area (Å²) < 4.78 is 39.0. The molecule has 8 nitrogen and oxygen atoms in total. The molecule has 0 aliphatic carbocycles. The van der Waals surface area contributed by atoms with Crippen molar-refractivity contribution in [1.82, 2.24) is 9.71 Å². The Balaban J connectivity index is 1.48. The second-order valence-electron chi connectivity index (χ2n) is 7.84. The van der Waals surface area contributed by atoms with E-state index in [0.717, 1.165) is 16.5 Å². The average Bonchev–Trinajstić information content (AvgIpc) is 2.87. The fraction of sp³-hybridized carbons (Fsp3) is 0.154. The van der Waals surface area contributed by atoms with Crippen LogP contribution in [0.2, 0.25) is 5.02 Å². The molecular formula is C26H23ClN2O6S. The molecule has 0 spiro atoms. The lowest BCUT2D eigenvalue weighted by molar-refractivity contribution is -0.139. The average molecular weight is 527 g/mol. The highest BCUT2D eigenvalue weighted by Crippen LogP contribution is 2.27. The SMILES string of the molecule is O=C(O)COc1ccc(CCNS(=O)(=O)c2ccc(Cl)cc2)c(OCc2ccc3ccccc3n2)c1. The van der Waals surface area contributed by atoms with Gasteiger partial charge in [0.1, 0.15) is 18.1 Å². The summed E-state index contributed by atoms with van der Waals surface area (Å²) in [5.41, 5.74) is 2.27. The number of nitrogens with one attached hydrogen (secondary N) is 1. The summed E-state index contributed by atoms with van der Waals surface area (Å²) in [6, 6.07) is 22.4. The third-order valence-corrected chi connectivity index (χ3v) is 6.97. The van der Waals surface area contributed by atoms with E-state index in [1.165, 1.54) is 24.3 Å². The van der Waals surface area contributed by atoms with Gasteiger partial charge < -0.3 is 14.6 Å². The number of ether oxygens (including phenoxy) is 2. The van der Waals surface area contributed by atoms with E-state index in [1.54, 1.807) is 18.2 Å². The highest BCUT2D eigenvalue weighted by atomic mass is 35.5. The number of fused-ring (bicyclic) bond motifs is 1. The van der Waals surface area contributed by atoms with Gasteiger partial charge in [-0.05, 0) is 54.4 Å². The molecule has 3 aromatic carbocycles. The minimum absolute atomic E-state index is 0.114. The third kappa shape index (κ3) is 6.72. The Morgan fingerprint density at radius 1 is 0.972 bits per heavy atom. The van der Waals surface area contributed by atoms with Gasteiger partial charge in [-0.2, -0.15) is 0 Å². The molecular weight excluding hydrogens is 504 g/mol. The van der Waals surface area contributed by atoms with Crippen LogP contribution in [0, 0.1) is 0 Å². The number of hydrogen-bond acceptors (Lipinski definition) is 6. The lowest BCUT2D eigenvalue weighted by atomic mass is 10.1. The van der Waals surface area contributed by atoms with Gasteiger partial charge >= 0.3 is 5.97 Å². The van der Waals surface area contributed by atoms with E-state index in [9.17, 15) is 13.2 Å². The number of aliphatic carboxylic acids is 1. The van der Waals surface area contributed by atoms with Gasteiger partial charge in [-0.3, -0.25) is 0 Å². The summed E-state index contributed by atoms with van der Waals surface area (Å²) in [4.78, 5) is 15.6. The maximum absolute atomic E-state index is 12.6. The van der Waals surface area contributed by atoms with Crippen LogP contribution in [-0.4, -0.2) is 37.6 Å². The van der Waals surface area contributed by atoms with E-state index in [1.807, 2.05) is 36.4 Å². The highest BCUT2D eigenvalue weighted by molar-refractivity contribution is 7.89. The van der Waals surface area contributed by atoms with E-state index in [0.29, 0.717) is 28.6 Å². The fourth-order valence-electron chi connectivity index (χ4n) is 3.47. The first-order valence-electron chi connectivity index (χ1n) is 11.0. The number of aromatic nitrogens is 1. The zero-order valence-electron chi connectivity index (χ0n) is 19.1. The summed E-state index contributed by atoms with van der Waals surface area (Å²) >= 11 is 5.84. The Morgan fingerprint density at radius 3 is 2.53 bits per heavy atom. The number of carboxylic acids is 1. The van der Waals surface area contributed by atoms with Gasteiger partial charge in [-0.25, -0.2) is 22.9 Å². The van der Waals surface area contributed by atoms with Gasteiger partial charge in [-0.1, -0.05) is 41.9 Å². The Hall–Kier alpha value is -3.66. The number of carbonyl (C=O) groups is 1. The Morgan fingerprint density at radius 2 is 1.75 bits per heavy atom. The van der Waals surface area contributed by atoms with Gasteiger partial charge in [-0.15, -0.1) is 0 Å². The quantitative estimate of drug-likeness (QED) is 0.296. The number of benzene rings is 3. The van der Waals surface area contributed by atoms with Crippen molar-refractivity contribution in [3.05, 3.63) is 95.1 Å². The summed E-state index contributed by atoms with van der Waals surface area (Å²) in [7, 11) is -3.71. The van der Waals surface area contributed by atoms with Crippen molar-refractivity contribution >= 4 is 38.5 Å². The molecule has 0 fully saturated rings. The lowest BCUT2D eigenvalue weighted by Crippen LogP contribution is -2.26. The van der Waals surface area contributed by atoms with Gasteiger partial charge in [0.05, 0.1) is 16.1 Å². The van der Waals surface area contributed by atoms with Crippen LogP contribution >= 0.6 is 11.6 Å². The molecule has 186 valence electrons. The predicted molar refractivity (Wildman–Crippen MR) is 136 cm³/mol. The molecule has 0 unspecified atom stereocenters. The Bertz CT molecular complexity index is 1480. The van der Waals surface area contributed by atoms with Crippen LogP contribution in [0.1, 0.15) is 11.3 Å². The molecule has 1 heterocycles. The van der Waals surface area contributed by atoms with E-state index >= 15 is 0 Å². The molecule has 0 aliphatic rings. The molecule has 0 atom stereocenters. The maximum Gasteiger partial charge on any atom is 0.341 e. The minimum Gasteiger partial charge on any atom is -0.487 e. The topological polar surface area (TPSA) is 115 Å². The molecule has 0 bridgehead atoms. The summed E-state index contributed by atoms with van der Waals surface area (Å²) in [5.74, 6) is -0.332. The molecule has 2 N–H and O–H groups in total. The van der Waals surface area contributed by atoms with Crippen molar-refractivity contribution in [1.29, 1.82) is 0 Å². The standard InChI is InChI=1S/C26H23ClN2O6S/c27-20-7-11-23(12-8-20)36(32,33)28-14-13-19-6-10-22(34-17-26(30)31)15-25(19)35-16-21-9-5-18-3-1-2-4-24(18)29-21/h1-12,15,28H,13-14,16-17H2,(H,30,31). The first-order valence-corrected chi connectivity index (χ1v) is 12.9. The van der Waals surface area contributed by atoms with E-state index in [2.05, 4.69) is 9.71 Å². The fourth-order valence-corrected chi connectivity index (χ4v) is 4.63. The van der Waals surface area contributed by atoms with Crippen molar-refractivity contribution in [2.24, 2.45) is 0 Å². The molecule has 0 saturated carbocycles. The van der Waals surface area contributed by atoms with Gasteiger partial charge in [0.25, 0.3) is 0 Å². The lowest BCUT2D eigenvalue weighted by Gasteiger charge is -2.14. The molecule has 0 saturated heterocycles. The number of sulfonamides is 1. The molecule has 0 amide bonds. The van der Waals surface area contributed by atoms with Crippen molar-refractivity contribution in [2.75, 3.05) is 13.2 Å². The number of halogens is 1. The smallest absolute Gasteiger partial charge is 0.341 e. The largest absolute Gasteiger partial charge is 0.487 e. The first kappa shape index (κ1) is 25.4. The van der Waals surface area contributed by atoms with Crippen molar-refractivity contribution in [3.8, 4) is 11.5 Å². The van der Waals surface area contributed by atoms with Crippen LogP contribution in [0.25, 0.3) is 10.9 Å². The number of pyridine rings is 1. The maximum atomic E-state index is 12.6. The summed E-state index contributed by atoms with van der Waals surface area (Å²) in [5, 5.41) is 10.4. The van der Waals surface area contributed by atoms with Crippen LogP contribution in [0.15, 0.2) is 83.8 Å². The van der Waals surface area contributed by atoms with Crippen molar-refractivity contribution in [2.45, 2.75) is 17.9 Å². The van der Waals surface area contributed by atoms with Crippen LogP contribution in [0.4, 0.5) is 0 Å². The molecule has 10 heteroatoms.